The minimum absolute atomic E-state index is 0.0981. The molecular weight excluding hydrogens is 295 g/mol. The average Bonchev–Trinajstić information content (AvgIpc) is 2.91. The Morgan fingerprint density at radius 1 is 1.36 bits per heavy atom. The third-order valence-electron chi connectivity index (χ3n) is 3.40. The molecule has 7 heteroatoms. The summed E-state index contributed by atoms with van der Waals surface area (Å²) in [6.45, 7) is 3.99. The summed E-state index contributed by atoms with van der Waals surface area (Å²) in [6.07, 6.45) is 0.347. The molecule has 2 aromatic rings. The molecule has 0 aliphatic heterocycles. The van der Waals surface area contributed by atoms with E-state index in [1.54, 1.807) is 0 Å². The predicted molar refractivity (Wildman–Crippen MR) is 75.1 cm³/mol. The highest BCUT2D eigenvalue weighted by atomic mass is 19.4. The Morgan fingerprint density at radius 3 is 2.59 bits per heavy atom. The second-order valence-electron chi connectivity index (χ2n) is 5.12. The monoisotopic (exact) mass is 311 g/mol. The van der Waals surface area contributed by atoms with Crippen LogP contribution in [-0.2, 0) is 6.18 Å². The van der Waals surface area contributed by atoms with Crippen molar-refractivity contribution in [2.75, 3.05) is 0 Å². The molecule has 0 fully saturated rings. The summed E-state index contributed by atoms with van der Waals surface area (Å²) in [4.78, 5) is 14.9. The largest absolute Gasteiger partial charge is 0.417 e. The van der Waals surface area contributed by atoms with E-state index in [1.165, 1.54) is 16.9 Å². The van der Waals surface area contributed by atoms with E-state index in [-0.39, 0.29) is 11.7 Å². The highest BCUT2D eigenvalue weighted by Gasteiger charge is 2.30. The van der Waals surface area contributed by atoms with Gasteiger partial charge in [-0.3, -0.25) is 4.79 Å². The average molecular weight is 311 g/mol. The smallest absolute Gasteiger partial charge is 0.298 e. The number of halogens is 3. The van der Waals surface area contributed by atoms with Gasteiger partial charge in [0.25, 0.3) is 0 Å². The highest BCUT2D eigenvalue weighted by molar-refractivity contribution is 5.76. The van der Waals surface area contributed by atoms with Gasteiger partial charge in [-0.2, -0.15) is 18.3 Å². The summed E-state index contributed by atoms with van der Waals surface area (Å²) in [5.74, 6) is 0.340. The van der Waals surface area contributed by atoms with Crippen molar-refractivity contribution in [3.05, 3.63) is 41.3 Å². The first-order valence-electron chi connectivity index (χ1n) is 6.95. The summed E-state index contributed by atoms with van der Waals surface area (Å²) in [5.41, 5.74) is 0.250. The first-order chi connectivity index (χ1) is 10.4. The van der Waals surface area contributed by atoms with Crippen LogP contribution < -0.4 is 0 Å². The first kappa shape index (κ1) is 16.2. The van der Waals surface area contributed by atoms with Crippen molar-refractivity contribution in [2.45, 2.75) is 38.8 Å². The molecule has 1 unspecified atom stereocenters. The van der Waals surface area contributed by atoms with Gasteiger partial charge in [0, 0.05) is 18.3 Å². The van der Waals surface area contributed by atoms with Crippen molar-refractivity contribution >= 4 is 6.29 Å². The van der Waals surface area contributed by atoms with Crippen LogP contribution in [0.4, 0.5) is 13.2 Å². The quantitative estimate of drug-likeness (QED) is 0.784. The molecule has 1 atom stereocenters. The van der Waals surface area contributed by atoms with Crippen LogP contribution in [0.2, 0.25) is 0 Å². The molecule has 0 amide bonds. The van der Waals surface area contributed by atoms with Gasteiger partial charge in [-0.15, -0.1) is 0 Å². The number of carbonyl (C=O) groups is 1. The number of pyridine rings is 1. The number of hydrogen-bond donors (Lipinski definition) is 0. The van der Waals surface area contributed by atoms with Gasteiger partial charge >= 0.3 is 6.18 Å². The van der Waals surface area contributed by atoms with E-state index < -0.39 is 11.7 Å². The number of alkyl halides is 3. The van der Waals surface area contributed by atoms with Crippen molar-refractivity contribution in [1.82, 2.24) is 14.8 Å². The van der Waals surface area contributed by atoms with Crippen LogP contribution in [0.3, 0.4) is 0 Å². The summed E-state index contributed by atoms with van der Waals surface area (Å²) in [6, 6.07) is 2.18. The number of nitrogens with zero attached hydrogens (tertiary/aromatic N) is 3. The van der Waals surface area contributed by atoms with Crippen LogP contribution in [0.25, 0.3) is 5.82 Å². The van der Waals surface area contributed by atoms with E-state index in [1.807, 2.05) is 13.8 Å². The zero-order valence-electron chi connectivity index (χ0n) is 12.3. The summed E-state index contributed by atoms with van der Waals surface area (Å²) in [7, 11) is 0. The topological polar surface area (TPSA) is 47.8 Å². The molecule has 22 heavy (non-hydrogen) atoms. The molecule has 0 aliphatic rings. The van der Waals surface area contributed by atoms with Crippen LogP contribution in [0.5, 0.6) is 0 Å². The Balaban J connectivity index is 2.35. The van der Waals surface area contributed by atoms with Crippen LogP contribution >= 0.6 is 0 Å². The fourth-order valence-electron chi connectivity index (χ4n) is 2.25. The molecule has 0 N–H and O–H groups in total. The van der Waals surface area contributed by atoms with Crippen LogP contribution in [0, 0.1) is 0 Å². The van der Waals surface area contributed by atoms with E-state index in [2.05, 4.69) is 10.1 Å². The SMILES string of the molecule is CCCC(C)c1nn(-c2ccc(C(F)(F)F)cn2)cc1C=O. The van der Waals surface area contributed by atoms with Gasteiger partial charge in [-0.25, -0.2) is 9.67 Å². The molecule has 0 bridgehead atoms. The molecule has 2 aromatic heterocycles. The summed E-state index contributed by atoms with van der Waals surface area (Å²) < 4.78 is 38.9. The Hall–Kier alpha value is -2.18. The van der Waals surface area contributed by atoms with Gasteiger partial charge in [-0.05, 0) is 18.6 Å². The summed E-state index contributed by atoms with van der Waals surface area (Å²) >= 11 is 0. The Labute approximate surface area is 126 Å². The molecule has 0 spiro atoms. The Kier molecular flexibility index (Phi) is 4.63. The lowest BCUT2D eigenvalue weighted by molar-refractivity contribution is -0.137. The Morgan fingerprint density at radius 2 is 2.09 bits per heavy atom. The van der Waals surface area contributed by atoms with Gasteiger partial charge in [-0.1, -0.05) is 20.3 Å². The normalized spacial score (nSPS) is 13.1. The molecule has 0 aliphatic carbocycles. The maximum absolute atomic E-state index is 12.5. The zero-order chi connectivity index (χ0) is 16.3. The third kappa shape index (κ3) is 3.35. The van der Waals surface area contributed by atoms with Gasteiger partial charge < -0.3 is 0 Å². The fourth-order valence-corrected chi connectivity index (χ4v) is 2.25. The first-order valence-corrected chi connectivity index (χ1v) is 6.95. The van der Waals surface area contributed by atoms with Gasteiger partial charge in [0.05, 0.1) is 16.8 Å². The maximum Gasteiger partial charge on any atom is 0.417 e. The second-order valence-corrected chi connectivity index (χ2v) is 5.12. The number of hydrogen-bond acceptors (Lipinski definition) is 3. The lowest BCUT2D eigenvalue weighted by atomic mass is 10.00. The number of carbonyl (C=O) groups excluding carboxylic acids is 1. The minimum Gasteiger partial charge on any atom is -0.298 e. The molecule has 4 nitrogen and oxygen atoms in total. The van der Waals surface area contributed by atoms with Crippen molar-refractivity contribution < 1.29 is 18.0 Å². The molecule has 2 rings (SSSR count). The standard InChI is InChI=1S/C15H16F3N3O/c1-3-4-10(2)14-11(9-22)8-21(20-14)13-6-5-12(7-19-13)15(16,17)18/h5-10H,3-4H2,1-2H3. The van der Waals surface area contributed by atoms with Crippen molar-refractivity contribution in [3.8, 4) is 5.82 Å². The molecule has 0 radical (unpaired) electrons. The van der Waals surface area contributed by atoms with Crippen molar-refractivity contribution in [2.24, 2.45) is 0 Å². The fraction of sp³-hybridized carbons (Fsp3) is 0.400. The molecule has 0 aromatic carbocycles. The molecule has 0 saturated heterocycles. The van der Waals surface area contributed by atoms with Crippen LogP contribution in [-0.4, -0.2) is 21.1 Å². The number of aldehydes is 1. The predicted octanol–water partition coefficient (Wildman–Crippen LogP) is 4.00. The number of rotatable bonds is 5. The Bertz CT molecular complexity index is 647. The van der Waals surface area contributed by atoms with Gasteiger partial charge in [0.2, 0.25) is 0 Å². The third-order valence-corrected chi connectivity index (χ3v) is 3.40. The number of aromatic nitrogens is 3. The van der Waals surface area contributed by atoms with Gasteiger partial charge in [0.15, 0.2) is 12.1 Å². The lowest BCUT2D eigenvalue weighted by Gasteiger charge is -2.08. The van der Waals surface area contributed by atoms with Gasteiger partial charge in [0.1, 0.15) is 0 Å². The maximum atomic E-state index is 12.5. The lowest BCUT2D eigenvalue weighted by Crippen LogP contribution is -2.07. The molecule has 0 saturated carbocycles. The minimum atomic E-state index is -4.43. The molecular formula is C15H16F3N3O. The van der Waals surface area contributed by atoms with E-state index in [0.717, 1.165) is 25.1 Å². The molecule has 2 heterocycles. The van der Waals surface area contributed by atoms with Crippen molar-refractivity contribution in [3.63, 3.8) is 0 Å². The zero-order valence-corrected chi connectivity index (χ0v) is 12.3. The van der Waals surface area contributed by atoms with Crippen LogP contribution in [0.15, 0.2) is 24.5 Å². The van der Waals surface area contributed by atoms with Crippen LogP contribution in [0.1, 0.15) is 54.2 Å². The summed E-state index contributed by atoms with van der Waals surface area (Å²) in [5, 5.41) is 4.30. The van der Waals surface area contributed by atoms with Crippen molar-refractivity contribution in [1.29, 1.82) is 0 Å². The van der Waals surface area contributed by atoms with E-state index in [0.29, 0.717) is 17.5 Å². The molecule has 118 valence electrons. The van der Waals surface area contributed by atoms with E-state index in [4.69, 9.17) is 0 Å². The van der Waals surface area contributed by atoms with E-state index in [9.17, 15) is 18.0 Å². The van der Waals surface area contributed by atoms with E-state index >= 15 is 0 Å². The second kappa shape index (κ2) is 6.29. The highest BCUT2D eigenvalue weighted by Crippen LogP contribution is 2.29.